The number of benzene rings is 2. The molecule has 1 aliphatic rings. The smallest absolute Gasteiger partial charge is 0.251 e. The highest BCUT2D eigenvalue weighted by molar-refractivity contribution is 5.94. The average molecular weight is 351 g/mol. The maximum Gasteiger partial charge on any atom is 0.251 e. The second-order valence-electron chi connectivity index (χ2n) is 7.08. The second kappa shape index (κ2) is 9.51. The fourth-order valence-corrected chi connectivity index (χ4v) is 3.32. The van der Waals surface area contributed by atoms with Gasteiger partial charge in [-0.25, -0.2) is 0 Å². The molecule has 4 heteroatoms. The van der Waals surface area contributed by atoms with Crippen molar-refractivity contribution in [3.8, 4) is 0 Å². The van der Waals surface area contributed by atoms with Gasteiger partial charge in [0.25, 0.3) is 5.91 Å². The standard InChI is InChI=1S/C22H29N3O/c1-19-8-10-21(11-9-19)22(26)23-12-5-13-24-14-16-25(17-15-24)18-20-6-3-2-4-7-20/h2-4,6-11H,5,12-18H2,1H3,(H,23,26). The third-order valence-corrected chi connectivity index (χ3v) is 4.96. The van der Waals surface area contributed by atoms with Gasteiger partial charge in [-0.05, 0) is 37.6 Å². The Labute approximate surface area is 156 Å². The minimum atomic E-state index is 0.0256. The van der Waals surface area contributed by atoms with Crippen molar-refractivity contribution in [2.45, 2.75) is 19.9 Å². The van der Waals surface area contributed by atoms with E-state index in [-0.39, 0.29) is 5.91 Å². The molecule has 26 heavy (non-hydrogen) atoms. The number of piperazine rings is 1. The zero-order valence-corrected chi connectivity index (χ0v) is 15.7. The van der Waals surface area contributed by atoms with Gasteiger partial charge in [-0.3, -0.25) is 9.69 Å². The summed E-state index contributed by atoms with van der Waals surface area (Å²) in [6, 6.07) is 18.4. The molecule has 1 N–H and O–H groups in total. The monoisotopic (exact) mass is 351 g/mol. The van der Waals surface area contributed by atoms with Crippen LogP contribution in [0.4, 0.5) is 0 Å². The number of nitrogens with zero attached hydrogens (tertiary/aromatic N) is 2. The number of nitrogens with one attached hydrogen (secondary N) is 1. The van der Waals surface area contributed by atoms with Crippen molar-refractivity contribution in [1.82, 2.24) is 15.1 Å². The lowest BCUT2D eigenvalue weighted by Gasteiger charge is -2.34. The van der Waals surface area contributed by atoms with Crippen LogP contribution in [0.5, 0.6) is 0 Å². The van der Waals surface area contributed by atoms with E-state index < -0.39 is 0 Å². The van der Waals surface area contributed by atoms with Crippen LogP contribution in [0, 0.1) is 6.92 Å². The van der Waals surface area contributed by atoms with Crippen LogP contribution in [0.1, 0.15) is 27.9 Å². The fraction of sp³-hybridized carbons (Fsp3) is 0.409. The quantitative estimate of drug-likeness (QED) is 0.779. The molecule has 0 bridgehead atoms. The van der Waals surface area contributed by atoms with E-state index in [0.29, 0.717) is 0 Å². The summed E-state index contributed by atoms with van der Waals surface area (Å²) in [6.45, 7) is 9.31. The fourth-order valence-electron chi connectivity index (χ4n) is 3.32. The first kappa shape index (κ1) is 18.6. The summed E-state index contributed by atoms with van der Waals surface area (Å²) >= 11 is 0. The predicted octanol–water partition coefficient (Wildman–Crippen LogP) is 2.93. The molecule has 2 aromatic rings. The summed E-state index contributed by atoms with van der Waals surface area (Å²) in [7, 11) is 0. The van der Waals surface area contributed by atoms with Crippen LogP contribution in [0.25, 0.3) is 0 Å². The predicted molar refractivity (Wildman–Crippen MR) is 106 cm³/mol. The minimum Gasteiger partial charge on any atom is -0.352 e. The molecule has 1 heterocycles. The van der Waals surface area contributed by atoms with E-state index in [2.05, 4.69) is 45.4 Å². The van der Waals surface area contributed by atoms with Crippen LogP contribution < -0.4 is 5.32 Å². The third kappa shape index (κ3) is 5.68. The van der Waals surface area contributed by atoms with Crippen LogP contribution in [0.15, 0.2) is 54.6 Å². The number of aryl methyl sites for hydroxylation is 1. The Kier molecular flexibility index (Phi) is 6.81. The number of amides is 1. The molecule has 0 spiro atoms. The van der Waals surface area contributed by atoms with Crippen molar-refractivity contribution in [2.24, 2.45) is 0 Å². The van der Waals surface area contributed by atoms with Gasteiger partial charge in [0.1, 0.15) is 0 Å². The molecule has 1 amide bonds. The molecular formula is C22H29N3O. The summed E-state index contributed by atoms with van der Waals surface area (Å²) in [5.74, 6) is 0.0256. The van der Waals surface area contributed by atoms with Gasteiger partial charge in [-0.2, -0.15) is 0 Å². The van der Waals surface area contributed by atoms with Crippen LogP contribution in [0.3, 0.4) is 0 Å². The summed E-state index contributed by atoms with van der Waals surface area (Å²) in [6.07, 6.45) is 0.996. The molecular weight excluding hydrogens is 322 g/mol. The number of carbonyl (C=O) groups excluding carboxylic acids is 1. The van der Waals surface area contributed by atoms with Gasteiger partial charge in [0.2, 0.25) is 0 Å². The van der Waals surface area contributed by atoms with E-state index in [1.807, 2.05) is 31.2 Å². The van der Waals surface area contributed by atoms with E-state index in [1.54, 1.807) is 0 Å². The van der Waals surface area contributed by atoms with Crippen molar-refractivity contribution >= 4 is 5.91 Å². The molecule has 0 aliphatic carbocycles. The summed E-state index contributed by atoms with van der Waals surface area (Å²) in [5, 5.41) is 3.02. The molecule has 0 unspecified atom stereocenters. The lowest BCUT2D eigenvalue weighted by atomic mass is 10.1. The first-order valence-electron chi connectivity index (χ1n) is 9.54. The van der Waals surface area contributed by atoms with E-state index in [9.17, 15) is 4.79 Å². The van der Waals surface area contributed by atoms with E-state index >= 15 is 0 Å². The summed E-state index contributed by atoms with van der Waals surface area (Å²) in [4.78, 5) is 17.1. The number of rotatable bonds is 7. The zero-order chi connectivity index (χ0) is 18.2. The minimum absolute atomic E-state index is 0.0256. The Morgan fingerprint density at radius 1 is 0.923 bits per heavy atom. The Balaban J connectivity index is 1.30. The van der Waals surface area contributed by atoms with Crippen molar-refractivity contribution in [2.75, 3.05) is 39.3 Å². The lowest BCUT2D eigenvalue weighted by Crippen LogP contribution is -2.46. The normalized spacial score (nSPS) is 15.7. The van der Waals surface area contributed by atoms with Crippen molar-refractivity contribution in [1.29, 1.82) is 0 Å². The Bertz CT molecular complexity index is 676. The van der Waals surface area contributed by atoms with Gasteiger partial charge in [0.15, 0.2) is 0 Å². The molecule has 1 saturated heterocycles. The van der Waals surface area contributed by atoms with Gasteiger partial charge in [0.05, 0.1) is 0 Å². The van der Waals surface area contributed by atoms with Crippen LogP contribution in [-0.2, 0) is 6.54 Å². The van der Waals surface area contributed by atoms with E-state index in [0.717, 1.165) is 57.8 Å². The Hall–Kier alpha value is -2.17. The number of hydrogen-bond donors (Lipinski definition) is 1. The topological polar surface area (TPSA) is 35.6 Å². The van der Waals surface area contributed by atoms with E-state index in [4.69, 9.17) is 0 Å². The van der Waals surface area contributed by atoms with Crippen molar-refractivity contribution in [3.63, 3.8) is 0 Å². The Morgan fingerprint density at radius 3 is 2.27 bits per heavy atom. The number of carbonyl (C=O) groups is 1. The molecule has 2 aromatic carbocycles. The molecule has 1 aliphatic heterocycles. The van der Waals surface area contributed by atoms with Crippen molar-refractivity contribution < 1.29 is 4.79 Å². The summed E-state index contributed by atoms with van der Waals surface area (Å²) in [5.41, 5.74) is 3.30. The highest BCUT2D eigenvalue weighted by atomic mass is 16.1. The SMILES string of the molecule is Cc1ccc(C(=O)NCCCN2CCN(Cc3ccccc3)CC2)cc1. The molecule has 1 fully saturated rings. The van der Waals surface area contributed by atoms with Crippen LogP contribution in [-0.4, -0.2) is 55.0 Å². The third-order valence-electron chi connectivity index (χ3n) is 4.96. The van der Waals surface area contributed by atoms with Gasteiger partial charge in [-0.1, -0.05) is 48.0 Å². The van der Waals surface area contributed by atoms with Gasteiger partial charge in [-0.15, -0.1) is 0 Å². The molecule has 0 aromatic heterocycles. The zero-order valence-electron chi connectivity index (χ0n) is 15.7. The summed E-state index contributed by atoms with van der Waals surface area (Å²) < 4.78 is 0. The van der Waals surface area contributed by atoms with Gasteiger partial charge in [0, 0.05) is 44.8 Å². The highest BCUT2D eigenvalue weighted by Gasteiger charge is 2.16. The van der Waals surface area contributed by atoms with Gasteiger partial charge >= 0.3 is 0 Å². The second-order valence-corrected chi connectivity index (χ2v) is 7.08. The first-order chi connectivity index (χ1) is 12.7. The maximum atomic E-state index is 12.1. The molecule has 3 rings (SSSR count). The molecule has 138 valence electrons. The molecule has 0 radical (unpaired) electrons. The maximum absolute atomic E-state index is 12.1. The Morgan fingerprint density at radius 2 is 1.58 bits per heavy atom. The van der Waals surface area contributed by atoms with Crippen LogP contribution >= 0.6 is 0 Å². The largest absolute Gasteiger partial charge is 0.352 e. The lowest BCUT2D eigenvalue weighted by molar-refractivity contribution is 0.0947. The first-order valence-corrected chi connectivity index (χ1v) is 9.54. The van der Waals surface area contributed by atoms with Gasteiger partial charge < -0.3 is 10.2 Å². The van der Waals surface area contributed by atoms with Crippen molar-refractivity contribution in [3.05, 3.63) is 71.3 Å². The molecule has 0 saturated carbocycles. The number of hydrogen-bond acceptors (Lipinski definition) is 3. The van der Waals surface area contributed by atoms with E-state index in [1.165, 1.54) is 11.1 Å². The average Bonchev–Trinajstić information content (AvgIpc) is 2.68. The molecule has 4 nitrogen and oxygen atoms in total. The van der Waals surface area contributed by atoms with Crippen LogP contribution in [0.2, 0.25) is 0 Å². The molecule has 0 atom stereocenters. The highest BCUT2D eigenvalue weighted by Crippen LogP contribution is 2.08.